The molecule has 1 aliphatic rings. The van der Waals surface area contributed by atoms with Crippen molar-refractivity contribution in [3.05, 3.63) is 24.3 Å². The maximum absolute atomic E-state index is 13.1. The molecule has 33 heavy (non-hydrogen) atoms. The molecule has 9 nitrogen and oxygen atoms in total. The quantitative estimate of drug-likeness (QED) is 0.397. The molecule has 1 aromatic rings. The van der Waals surface area contributed by atoms with Gasteiger partial charge in [0.25, 0.3) is 0 Å². The number of nitrogens with two attached hydrogens (primary N) is 1. The van der Waals surface area contributed by atoms with E-state index >= 15 is 0 Å². The van der Waals surface area contributed by atoms with Crippen LogP contribution in [-0.4, -0.2) is 84.6 Å². The highest BCUT2D eigenvalue weighted by molar-refractivity contribution is 5.97. The minimum absolute atomic E-state index is 0.0781. The predicted molar refractivity (Wildman–Crippen MR) is 126 cm³/mol. The van der Waals surface area contributed by atoms with E-state index in [0.717, 1.165) is 0 Å². The largest absolute Gasteiger partial charge is 0.489 e. The number of carbonyl (C=O) groups excluding carboxylic acids is 1. The summed E-state index contributed by atoms with van der Waals surface area (Å²) in [7, 11) is 1.60. The second-order valence-electron chi connectivity index (χ2n) is 9.64. The Morgan fingerprint density at radius 1 is 1.24 bits per heavy atom. The number of para-hydroxylation sites is 2. The molecule has 4 N–H and O–H groups in total. The second-order valence-corrected chi connectivity index (χ2v) is 9.64. The van der Waals surface area contributed by atoms with Crippen LogP contribution in [0.4, 0.5) is 5.69 Å². The lowest BCUT2D eigenvalue weighted by atomic mass is 9.87. The van der Waals surface area contributed by atoms with Crippen molar-refractivity contribution < 1.29 is 29.3 Å². The van der Waals surface area contributed by atoms with E-state index in [9.17, 15) is 19.8 Å². The van der Waals surface area contributed by atoms with Crippen molar-refractivity contribution in [1.82, 2.24) is 4.90 Å². The average molecular weight is 466 g/mol. The van der Waals surface area contributed by atoms with Crippen LogP contribution in [0, 0.1) is 11.8 Å². The number of hydrogen-bond donors (Lipinski definition) is 3. The van der Waals surface area contributed by atoms with Gasteiger partial charge in [-0.15, -0.1) is 0 Å². The number of carboxylic acids is 1. The Kier molecular flexibility index (Phi) is 9.66. The molecular formula is C24H39N3O6. The number of amides is 1. The number of ether oxygens (including phenoxy) is 2. The number of aliphatic carboxylic acids is 1. The van der Waals surface area contributed by atoms with Gasteiger partial charge in [-0.3, -0.25) is 14.5 Å². The van der Waals surface area contributed by atoms with Gasteiger partial charge in [0.2, 0.25) is 5.91 Å². The molecule has 1 heterocycles. The van der Waals surface area contributed by atoms with E-state index in [1.54, 1.807) is 12.0 Å². The van der Waals surface area contributed by atoms with Crippen molar-refractivity contribution >= 4 is 17.6 Å². The molecule has 0 aliphatic carbocycles. The van der Waals surface area contributed by atoms with Gasteiger partial charge in [-0.25, -0.2) is 0 Å². The van der Waals surface area contributed by atoms with Crippen molar-refractivity contribution in [2.75, 3.05) is 44.9 Å². The normalized spacial score (nSPS) is 19.4. The maximum atomic E-state index is 13.1. The third-order valence-corrected chi connectivity index (χ3v) is 6.27. The average Bonchev–Trinajstić information content (AvgIpc) is 2.74. The number of aliphatic hydroxyl groups excluding tert-OH is 1. The molecule has 2 rings (SSSR count). The fraction of sp³-hybridized carbons (Fsp3) is 0.667. The molecule has 1 aromatic carbocycles. The molecule has 0 spiro atoms. The first-order valence-electron chi connectivity index (χ1n) is 11.4. The molecule has 1 fully saturated rings. The van der Waals surface area contributed by atoms with Crippen molar-refractivity contribution in [1.29, 1.82) is 0 Å². The number of carbonyl (C=O) groups is 2. The predicted octanol–water partition coefficient (Wildman–Crippen LogP) is 1.57. The fourth-order valence-electron chi connectivity index (χ4n) is 4.08. The van der Waals surface area contributed by atoms with E-state index in [4.69, 9.17) is 15.2 Å². The van der Waals surface area contributed by atoms with Crippen LogP contribution in [-0.2, 0) is 14.3 Å². The first-order valence-corrected chi connectivity index (χ1v) is 11.4. The number of aliphatic hydroxyl groups is 1. The van der Waals surface area contributed by atoms with Crippen LogP contribution < -0.4 is 15.4 Å². The first kappa shape index (κ1) is 27.0. The van der Waals surface area contributed by atoms with Gasteiger partial charge in [-0.1, -0.05) is 26.0 Å². The molecule has 0 aromatic heterocycles. The summed E-state index contributed by atoms with van der Waals surface area (Å²) in [6.07, 6.45) is -0.901. The summed E-state index contributed by atoms with van der Waals surface area (Å²) in [5, 5.41) is 20.0. The van der Waals surface area contributed by atoms with Crippen molar-refractivity contribution in [3.8, 4) is 5.75 Å². The third kappa shape index (κ3) is 7.14. The topological polar surface area (TPSA) is 126 Å². The number of piperazine rings is 1. The highest BCUT2D eigenvalue weighted by Crippen LogP contribution is 2.33. The third-order valence-electron chi connectivity index (χ3n) is 6.27. The summed E-state index contributed by atoms with van der Waals surface area (Å²) in [6, 6.07) is 6.75. The van der Waals surface area contributed by atoms with Crippen LogP contribution in [0.1, 0.15) is 34.1 Å². The van der Waals surface area contributed by atoms with E-state index < -0.39 is 29.6 Å². The molecule has 0 radical (unpaired) electrons. The number of methoxy groups -OCH3 is 1. The van der Waals surface area contributed by atoms with Crippen LogP contribution in [0.2, 0.25) is 0 Å². The Hall–Kier alpha value is -2.20. The van der Waals surface area contributed by atoms with Gasteiger partial charge in [0, 0.05) is 31.8 Å². The second kappa shape index (κ2) is 11.8. The first-order chi connectivity index (χ1) is 15.5. The molecule has 0 saturated carbocycles. The highest BCUT2D eigenvalue weighted by Gasteiger charge is 2.40. The van der Waals surface area contributed by atoms with Gasteiger partial charge < -0.3 is 30.3 Å². The van der Waals surface area contributed by atoms with E-state index in [1.807, 2.05) is 56.9 Å². The lowest BCUT2D eigenvalue weighted by Gasteiger charge is -2.48. The van der Waals surface area contributed by atoms with Crippen LogP contribution >= 0.6 is 0 Å². The molecular weight excluding hydrogens is 426 g/mol. The number of hydrogen-bond acceptors (Lipinski definition) is 7. The summed E-state index contributed by atoms with van der Waals surface area (Å²) in [4.78, 5) is 28.3. The van der Waals surface area contributed by atoms with Gasteiger partial charge in [0.15, 0.2) is 0 Å². The molecule has 1 saturated heterocycles. The molecule has 1 amide bonds. The van der Waals surface area contributed by atoms with Gasteiger partial charge in [-0.05, 0) is 38.3 Å². The lowest BCUT2D eigenvalue weighted by molar-refractivity contribution is -0.144. The van der Waals surface area contributed by atoms with E-state index in [2.05, 4.69) is 0 Å². The van der Waals surface area contributed by atoms with Crippen molar-refractivity contribution in [2.45, 2.75) is 51.8 Å². The lowest BCUT2D eigenvalue weighted by Crippen LogP contribution is -2.64. The smallest absolute Gasteiger partial charge is 0.306 e. The van der Waals surface area contributed by atoms with Gasteiger partial charge in [0.05, 0.1) is 30.9 Å². The number of anilines is 1. The highest BCUT2D eigenvalue weighted by atomic mass is 16.5. The SMILES string of the molecule is COCCOc1ccccc1N1CC(C)(C)N(C[C@H](N)[C@@H](O)C[C@H](C(=O)O)C(C)C)CC1=O. The molecule has 186 valence electrons. The summed E-state index contributed by atoms with van der Waals surface area (Å²) in [5.74, 6) is -1.20. The van der Waals surface area contributed by atoms with Crippen molar-refractivity contribution in [3.63, 3.8) is 0 Å². The zero-order chi connectivity index (χ0) is 24.8. The molecule has 1 aliphatic heterocycles. The van der Waals surface area contributed by atoms with Crippen LogP contribution in [0.3, 0.4) is 0 Å². The molecule has 3 atom stereocenters. The zero-order valence-corrected chi connectivity index (χ0v) is 20.4. The Balaban J connectivity index is 2.09. The van der Waals surface area contributed by atoms with Crippen molar-refractivity contribution in [2.24, 2.45) is 17.6 Å². The van der Waals surface area contributed by atoms with Gasteiger partial charge >= 0.3 is 5.97 Å². The maximum Gasteiger partial charge on any atom is 0.306 e. The Bertz CT molecular complexity index is 800. The molecule has 0 bridgehead atoms. The molecule has 9 heteroatoms. The minimum atomic E-state index is -0.979. The number of nitrogens with zero attached hydrogens (tertiary/aromatic N) is 2. The monoisotopic (exact) mass is 465 g/mol. The van der Waals surface area contributed by atoms with Crippen LogP contribution in [0.25, 0.3) is 0 Å². The summed E-state index contributed by atoms with van der Waals surface area (Å²) in [6.45, 7) is 9.33. The standard InChI is InChI=1S/C24H39N3O6/c1-16(2)17(23(30)31)12-20(28)18(25)13-26-14-22(29)27(15-24(26,3)4)19-8-6-7-9-21(19)33-11-10-32-5/h6-9,16-18,20,28H,10-15,25H2,1-5H3,(H,30,31)/t17-,18-,20-/m0/s1. The van der Waals surface area contributed by atoms with E-state index in [0.29, 0.717) is 31.2 Å². The van der Waals surface area contributed by atoms with Gasteiger partial charge in [-0.2, -0.15) is 0 Å². The number of benzene rings is 1. The number of carboxylic acid groups (broad SMARTS) is 1. The fourth-order valence-corrected chi connectivity index (χ4v) is 4.08. The Labute approximate surface area is 196 Å². The van der Waals surface area contributed by atoms with E-state index in [-0.39, 0.29) is 31.3 Å². The summed E-state index contributed by atoms with van der Waals surface area (Å²) in [5.41, 5.74) is 6.54. The van der Waals surface area contributed by atoms with Crippen LogP contribution in [0.5, 0.6) is 5.75 Å². The van der Waals surface area contributed by atoms with E-state index in [1.165, 1.54) is 0 Å². The Morgan fingerprint density at radius 2 is 1.91 bits per heavy atom. The van der Waals surface area contributed by atoms with Gasteiger partial charge in [0.1, 0.15) is 12.4 Å². The zero-order valence-electron chi connectivity index (χ0n) is 20.4. The minimum Gasteiger partial charge on any atom is -0.489 e. The Morgan fingerprint density at radius 3 is 2.52 bits per heavy atom. The number of rotatable bonds is 12. The summed E-state index contributed by atoms with van der Waals surface area (Å²) >= 11 is 0. The summed E-state index contributed by atoms with van der Waals surface area (Å²) < 4.78 is 10.9. The molecule has 0 unspecified atom stereocenters. The van der Waals surface area contributed by atoms with Crippen LogP contribution in [0.15, 0.2) is 24.3 Å².